The van der Waals surface area contributed by atoms with Crippen LogP contribution in [0.3, 0.4) is 0 Å². The van der Waals surface area contributed by atoms with E-state index in [1.165, 1.54) is 18.2 Å². The normalized spacial score (nSPS) is 11.6. The molecule has 0 unspecified atom stereocenters. The number of urea groups is 1. The van der Waals surface area contributed by atoms with E-state index in [-0.39, 0.29) is 28.9 Å². The minimum Gasteiger partial charge on any atom is -0.307 e. The lowest BCUT2D eigenvalue weighted by Crippen LogP contribution is -2.35. The first kappa shape index (κ1) is 22.6. The van der Waals surface area contributed by atoms with E-state index in [0.717, 1.165) is 11.1 Å². The van der Waals surface area contributed by atoms with Crippen molar-refractivity contribution in [3.63, 3.8) is 0 Å². The lowest BCUT2D eigenvalue weighted by molar-refractivity contribution is 0.0988. The molecule has 0 radical (unpaired) electrons. The summed E-state index contributed by atoms with van der Waals surface area (Å²) < 4.78 is 27.3. The molecule has 29 heavy (non-hydrogen) atoms. The topological polar surface area (TPSA) is 92.3 Å². The molecule has 2 aromatic rings. The van der Waals surface area contributed by atoms with E-state index in [1.807, 2.05) is 50.6 Å². The Morgan fingerprint density at radius 3 is 2.00 bits per heavy atom. The molecular formula is C22H28N2O4S. The quantitative estimate of drug-likeness (QED) is 0.619. The third kappa shape index (κ3) is 5.44. The Bertz CT molecular complexity index is 985. The van der Waals surface area contributed by atoms with Crippen molar-refractivity contribution in [1.82, 2.24) is 4.72 Å². The molecule has 2 aromatic carbocycles. The highest BCUT2D eigenvalue weighted by atomic mass is 32.2. The van der Waals surface area contributed by atoms with Crippen LogP contribution >= 0.6 is 0 Å². The lowest BCUT2D eigenvalue weighted by Gasteiger charge is -2.20. The van der Waals surface area contributed by atoms with Crippen LogP contribution in [0, 0.1) is 0 Å². The predicted molar refractivity (Wildman–Crippen MR) is 115 cm³/mol. The molecule has 7 heteroatoms. The van der Waals surface area contributed by atoms with Gasteiger partial charge < -0.3 is 5.32 Å². The average molecular weight is 417 g/mol. The number of nitrogens with one attached hydrogen (secondary N) is 2. The van der Waals surface area contributed by atoms with Gasteiger partial charge in [-0.25, -0.2) is 17.9 Å². The van der Waals surface area contributed by atoms with Gasteiger partial charge in [0.1, 0.15) is 0 Å². The van der Waals surface area contributed by atoms with Gasteiger partial charge >= 0.3 is 6.03 Å². The molecule has 2 amide bonds. The van der Waals surface area contributed by atoms with Crippen molar-refractivity contribution in [3.05, 3.63) is 59.2 Å². The second-order valence-corrected chi connectivity index (χ2v) is 9.17. The Balaban J connectivity index is 2.31. The Hall–Kier alpha value is -2.67. The monoisotopic (exact) mass is 416 g/mol. The zero-order valence-electron chi connectivity index (χ0n) is 17.4. The van der Waals surface area contributed by atoms with Gasteiger partial charge in [0, 0.05) is 17.7 Å². The number of hydrogen-bond donors (Lipinski definition) is 2. The Morgan fingerprint density at radius 1 is 0.931 bits per heavy atom. The van der Waals surface area contributed by atoms with Crippen molar-refractivity contribution >= 4 is 27.5 Å². The number of sulfonamides is 1. The van der Waals surface area contributed by atoms with Crippen LogP contribution in [-0.2, 0) is 10.0 Å². The van der Waals surface area contributed by atoms with Crippen LogP contribution in [0.15, 0.2) is 47.4 Å². The minimum absolute atomic E-state index is 0.131. The summed E-state index contributed by atoms with van der Waals surface area (Å²) in [5.41, 5.74) is 2.78. The van der Waals surface area contributed by atoms with Crippen molar-refractivity contribution in [1.29, 1.82) is 0 Å². The molecule has 0 spiro atoms. The maximum Gasteiger partial charge on any atom is 0.333 e. The fourth-order valence-electron chi connectivity index (χ4n) is 3.06. The third-order valence-corrected chi connectivity index (χ3v) is 5.95. The largest absolute Gasteiger partial charge is 0.333 e. The molecule has 2 rings (SSSR count). The van der Waals surface area contributed by atoms with Gasteiger partial charge in [0.15, 0.2) is 5.78 Å². The van der Waals surface area contributed by atoms with Crippen LogP contribution in [0.1, 0.15) is 74.4 Å². The summed E-state index contributed by atoms with van der Waals surface area (Å²) >= 11 is 0. The Morgan fingerprint density at radius 2 is 1.48 bits per heavy atom. The van der Waals surface area contributed by atoms with Gasteiger partial charge in [-0.3, -0.25) is 4.79 Å². The minimum atomic E-state index is -4.12. The first-order valence-electron chi connectivity index (χ1n) is 9.66. The Labute approximate surface area is 172 Å². The molecule has 0 fully saturated rings. The zero-order chi connectivity index (χ0) is 21.8. The molecule has 0 aromatic heterocycles. The number of carbonyl (C=O) groups excluding carboxylic acids is 2. The molecule has 0 aliphatic carbocycles. The van der Waals surface area contributed by atoms with Gasteiger partial charge in [0.2, 0.25) is 0 Å². The number of ketones is 1. The summed E-state index contributed by atoms with van der Waals surface area (Å²) in [7, 11) is -4.12. The number of Topliss-reactive ketones (excluding diaryl/α,β-unsaturated/α-hetero) is 1. The van der Waals surface area contributed by atoms with E-state index in [1.54, 1.807) is 13.0 Å². The van der Waals surface area contributed by atoms with Crippen molar-refractivity contribution in [3.8, 4) is 0 Å². The molecule has 0 aliphatic heterocycles. The summed E-state index contributed by atoms with van der Waals surface area (Å²) in [6, 6.07) is 10.6. The molecular weight excluding hydrogens is 388 g/mol. The van der Waals surface area contributed by atoms with Crippen LogP contribution < -0.4 is 10.0 Å². The lowest BCUT2D eigenvalue weighted by atomic mass is 9.93. The van der Waals surface area contributed by atoms with E-state index in [0.29, 0.717) is 11.3 Å². The van der Waals surface area contributed by atoms with Crippen LogP contribution in [0.4, 0.5) is 10.5 Å². The molecule has 6 nitrogen and oxygen atoms in total. The first-order chi connectivity index (χ1) is 13.6. The third-order valence-electron chi connectivity index (χ3n) is 4.63. The first-order valence-corrected chi connectivity index (χ1v) is 11.1. The number of para-hydroxylation sites is 1. The number of rotatable bonds is 7. The standard InChI is InChI=1S/C22H28N2O4S/c1-6-20(25)16-9-7-10-17(13-16)29(27,28)24-22(26)23-21-18(14(2)3)11-8-12-19(21)15(4)5/h7-15H,6H2,1-5H3,(H2,23,24,26). The summed E-state index contributed by atoms with van der Waals surface area (Å²) in [4.78, 5) is 24.3. The Kier molecular flexibility index (Phi) is 7.19. The van der Waals surface area contributed by atoms with Crippen molar-refractivity contribution in [2.75, 3.05) is 5.32 Å². The van der Waals surface area contributed by atoms with Crippen LogP contribution in [0.5, 0.6) is 0 Å². The van der Waals surface area contributed by atoms with E-state index in [2.05, 4.69) is 5.32 Å². The molecule has 0 atom stereocenters. The second-order valence-electron chi connectivity index (χ2n) is 7.49. The number of amides is 2. The van der Waals surface area contributed by atoms with Gasteiger partial charge in [0.25, 0.3) is 10.0 Å². The fraction of sp³-hybridized carbons (Fsp3) is 0.364. The molecule has 0 bridgehead atoms. The number of hydrogen-bond acceptors (Lipinski definition) is 4. The summed E-state index contributed by atoms with van der Waals surface area (Å²) in [5, 5.41) is 2.72. The van der Waals surface area contributed by atoms with Gasteiger partial charge in [-0.2, -0.15) is 0 Å². The highest BCUT2D eigenvalue weighted by molar-refractivity contribution is 7.90. The SMILES string of the molecule is CCC(=O)c1cccc(S(=O)(=O)NC(=O)Nc2c(C(C)C)cccc2C(C)C)c1. The van der Waals surface area contributed by atoms with Crippen molar-refractivity contribution < 1.29 is 18.0 Å². The molecule has 0 heterocycles. The van der Waals surface area contributed by atoms with Gasteiger partial charge in [0.05, 0.1) is 4.90 Å². The van der Waals surface area contributed by atoms with Crippen LogP contribution in [0.25, 0.3) is 0 Å². The van der Waals surface area contributed by atoms with Gasteiger partial charge in [-0.1, -0.05) is 65.0 Å². The van der Waals surface area contributed by atoms with E-state index in [9.17, 15) is 18.0 Å². The number of benzene rings is 2. The van der Waals surface area contributed by atoms with Gasteiger partial charge in [-0.15, -0.1) is 0 Å². The van der Waals surface area contributed by atoms with E-state index >= 15 is 0 Å². The fourth-order valence-corrected chi connectivity index (χ4v) is 4.01. The van der Waals surface area contributed by atoms with Crippen LogP contribution in [0.2, 0.25) is 0 Å². The number of carbonyl (C=O) groups is 2. The summed E-state index contributed by atoms with van der Waals surface area (Å²) in [6.45, 7) is 9.74. The molecule has 0 saturated carbocycles. The van der Waals surface area contributed by atoms with E-state index in [4.69, 9.17) is 0 Å². The molecule has 2 N–H and O–H groups in total. The van der Waals surface area contributed by atoms with Crippen molar-refractivity contribution in [2.45, 2.75) is 57.8 Å². The zero-order valence-corrected chi connectivity index (χ0v) is 18.3. The van der Waals surface area contributed by atoms with Crippen LogP contribution in [-0.4, -0.2) is 20.2 Å². The smallest absolute Gasteiger partial charge is 0.307 e. The van der Waals surface area contributed by atoms with E-state index < -0.39 is 16.1 Å². The molecule has 0 saturated heterocycles. The second kappa shape index (κ2) is 9.22. The predicted octanol–water partition coefficient (Wildman–Crippen LogP) is 5.04. The van der Waals surface area contributed by atoms with Gasteiger partial charge in [-0.05, 0) is 35.1 Å². The molecule has 156 valence electrons. The van der Waals surface area contributed by atoms with Crippen molar-refractivity contribution in [2.24, 2.45) is 0 Å². The average Bonchev–Trinajstić information content (AvgIpc) is 2.66. The molecule has 0 aliphatic rings. The maximum absolute atomic E-state index is 12.7. The number of anilines is 1. The maximum atomic E-state index is 12.7. The highest BCUT2D eigenvalue weighted by Gasteiger charge is 2.21. The summed E-state index contributed by atoms with van der Waals surface area (Å²) in [5.74, 6) is 0.133. The highest BCUT2D eigenvalue weighted by Crippen LogP contribution is 2.32. The summed E-state index contributed by atoms with van der Waals surface area (Å²) in [6.07, 6.45) is 0.265.